The molecule has 0 bridgehead atoms. The molecule has 0 aliphatic rings. The van der Waals surface area contributed by atoms with Crippen molar-refractivity contribution in [2.75, 3.05) is 5.32 Å². The predicted octanol–water partition coefficient (Wildman–Crippen LogP) is 5.39. The summed E-state index contributed by atoms with van der Waals surface area (Å²) < 4.78 is 0. The molecule has 1 amide bonds. The highest BCUT2D eigenvalue weighted by Gasteiger charge is 2.12. The van der Waals surface area contributed by atoms with Gasteiger partial charge in [0.1, 0.15) is 11.0 Å². The summed E-state index contributed by atoms with van der Waals surface area (Å²) in [4.78, 5) is 14.7. The fourth-order valence-electron chi connectivity index (χ4n) is 3.09. The van der Waals surface area contributed by atoms with Crippen molar-refractivity contribution in [2.24, 2.45) is 0 Å². The number of fused-ring (bicyclic) bond motifs is 1. The summed E-state index contributed by atoms with van der Waals surface area (Å²) in [5.74, 6) is -0.104. The van der Waals surface area contributed by atoms with E-state index >= 15 is 0 Å². The quantitative estimate of drug-likeness (QED) is 0.480. The molecule has 0 fully saturated rings. The number of nitrogens with one attached hydrogen (secondary N) is 1. The minimum atomic E-state index is -0.104. The molecule has 28 heavy (non-hydrogen) atoms. The molecule has 5 nitrogen and oxygen atoms in total. The number of anilines is 1. The summed E-state index contributed by atoms with van der Waals surface area (Å²) in [5.41, 5.74) is 5.53. The van der Waals surface area contributed by atoms with Crippen LogP contribution in [0.5, 0.6) is 0 Å². The van der Waals surface area contributed by atoms with Gasteiger partial charge in [0.25, 0.3) is 5.91 Å². The number of rotatable bonds is 6. The Morgan fingerprint density at radius 3 is 2.54 bits per heavy atom. The second-order valence-corrected chi connectivity index (χ2v) is 7.79. The molecular weight excluding hydrogens is 368 g/mol. The van der Waals surface area contributed by atoms with Crippen LogP contribution >= 0.6 is 11.3 Å². The van der Waals surface area contributed by atoms with Gasteiger partial charge in [0, 0.05) is 5.69 Å². The second-order valence-electron chi connectivity index (χ2n) is 6.85. The SMILES string of the molecule is CCCCc1ccc(-n2nc3cc(C)c(NC(=O)c4cccs4)cc3n2)cc1. The lowest BCUT2D eigenvalue weighted by atomic mass is 10.1. The number of aromatic nitrogens is 3. The molecule has 0 saturated carbocycles. The van der Waals surface area contributed by atoms with Crippen LogP contribution in [0, 0.1) is 6.92 Å². The van der Waals surface area contributed by atoms with Gasteiger partial charge < -0.3 is 5.32 Å². The number of unbranched alkanes of at least 4 members (excludes halogenated alkanes) is 1. The normalized spacial score (nSPS) is 11.1. The third kappa shape index (κ3) is 3.82. The highest BCUT2D eigenvalue weighted by atomic mass is 32.1. The molecule has 0 aliphatic heterocycles. The molecule has 0 saturated heterocycles. The van der Waals surface area contributed by atoms with E-state index in [0.717, 1.165) is 34.4 Å². The number of thiophene rings is 1. The molecule has 0 atom stereocenters. The maximum Gasteiger partial charge on any atom is 0.265 e. The van der Waals surface area contributed by atoms with Crippen molar-refractivity contribution >= 4 is 34.0 Å². The van der Waals surface area contributed by atoms with Gasteiger partial charge in [0.15, 0.2) is 0 Å². The molecule has 2 aromatic heterocycles. The molecule has 0 aliphatic carbocycles. The molecule has 4 rings (SSSR count). The number of amides is 1. The number of hydrogen-bond acceptors (Lipinski definition) is 4. The van der Waals surface area contributed by atoms with Crippen LogP contribution in [-0.4, -0.2) is 20.9 Å². The van der Waals surface area contributed by atoms with Crippen LogP contribution in [0.25, 0.3) is 16.7 Å². The zero-order valence-electron chi connectivity index (χ0n) is 16.0. The van der Waals surface area contributed by atoms with E-state index in [9.17, 15) is 4.79 Å². The van der Waals surface area contributed by atoms with Crippen LogP contribution in [0.3, 0.4) is 0 Å². The number of carbonyl (C=O) groups is 1. The summed E-state index contributed by atoms with van der Waals surface area (Å²) >= 11 is 1.42. The molecular formula is C22H22N4OS. The van der Waals surface area contributed by atoms with Crippen molar-refractivity contribution in [3.63, 3.8) is 0 Å². The largest absolute Gasteiger partial charge is 0.321 e. The van der Waals surface area contributed by atoms with Crippen LogP contribution < -0.4 is 5.32 Å². The van der Waals surface area contributed by atoms with Crippen LogP contribution in [0.4, 0.5) is 5.69 Å². The smallest absolute Gasteiger partial charge is 0.265 e. The Balaban J connectivity index is 1.59. The lowest BCUT2D eigenvalue weighted by Gasteiger charge is -2.06. The van der Waals surface area contributed by atoms with E-state index in [0.29, 0.717) is 4.88 Å². The number of carbonyl (C=O) groups excluding carboxylic acids is 1. The van der Waals surface area contributed by atoms with Gasteiger partial charge in [-0.05, 0) is 66.6 Å². The number of hydrogen-bond donors (Lipinski definition) is 1. The van der Waals surface area contributed by atoms with Crippen LogP contribution in [0.15, 0.2) is 53.9 Å². The summed E-state index contributed by atoms with van der Waals surface area (Å²) in [6.07, 6.45) is 3.48. The lowest BCUT2D eigenvalue weighted by Crippen LogP contribution is -2.11. The molecule has 2 heterocycles. The van der Waals surface area contributed by atoms with Gasteiger partial charge in [-0.1, -0.05) is 31.5 Å². The average molecular weight is 391 g/mol. The summed E-state index contributed by atoms with van der Waals surface area (Å²) in [6, 6.07) is 15.9. The Kier molecular flexibility index (Phi) is 5.21. The van der Waals surface area contributed by atoms with Crippen LogP contribution in [0.1, 0.15) is 40.6 Å². The van der Waals surface area contributed by atoms with Crippen molar-refractivity contribution in [1.82, 2.24) is 15.0 Å². The fraction of sp³-hybridized carbons (Fsp3) is 0.227. The molecule has 6 heteroatoms. The van der Waals surface area contributed by atoms with E-state index in [1.807, 2.05) is 36.6 Å². The average Bonchev–Trinajstić information content (AvgIpc) is 3.37. The third-order valence-corrected chi connectivity index (χ3v) is 5.57. The monoisotopic (exact) mass is 390 g/mol. The van der Waals surface area contributed by atoms with Gasteiger partial charge in [0.2, 0.25) is 0 Å². The third-order valence-electron chi connectivity index (χ3n) is 4.71. The van der Waals surface area contributed by atoms with E-state index < -0.39 is 0 Å². The predicted molar refractivity (Wildman–Crippen MR) is 114 cm³/mol. The molecule has 2 aromatic carbocycles. The first kappa shape index (κ1) is 18.4. The molecule has 4 aromatic rings. The standard InChI is InChI=1S/C22H22N4OS/c1-3-4-6-16-8-10-17(11-9-16)26-24-19-13-15(2)18(14-20(19)25-26)23-22(27)21-7-5-12-28-21/h5,7-14H,3-4,6H2,1-2H3,(H,23,27). The highest BCUT2D eigenvalue weighted by molar-refractivity contribution is 7.12. The van der Waals surface area contributed by atoms with Crippen molar-refractivity contribution in [2.45, 2.75) is 33.1 Å². The van der Waals surface area contributed by atoms with Crippen molar-refractivity contribution in [3.8, 4) is 5.69 Å². The fourth-order valence-corrected chi connectivity index (χ4v) is 3.71. The Morgan fingerprint density at radius 1 is 1.11 bits per heavy atom. The number of aryl methyl sites for hydroxylation is 2. The van der Waals surface area contributed by atoms with Crippen LogP contribution in [0.2, 0.25) is 0 Å². The maximum atomic E-state index is 12.4. The molecule has 1 N–H and O–H groups in total. The summed E-state index contributed by atoms with van der Waals surface area (Å²) in [7, 11) is 0. The van der Waals surface area contributed by atoms with Gasteiger partial charge >= 0.3 is 0 Å². The topological polar surface area (TPSA) is 59.8 Å². The first-order chi connectivity index (χ1) is 13.6. The van der Waals surface area contributed by atoms with Crippen molar-refractivity contribution in [1.29, 1.82) is 0 Å². The summed E-state index contributed by atoms with van der Waals surface area (Å²) in [5, 5.41) is 14.1. The molecule has 0 radical (unpaired) electrons. The highest BCUT2D eigenvalue weighted by Crippen LogP contribution is 2.23. The zero-order valence-corrected chi connectivity index (χ0v) is 16.8. The van der Waals surface area contributed by atoms with Crippen molar-refractivity contribution in [3.05, 3.63) is 69.9 Å². The van der Waals surface area contributed by atoms with E-state index in [-0.39, 0.29) is 5.91 Å². The Labute approximate surface area is 168 Å². The lowest BCUT2D eigenvalue weighted by molar-refractivity contribution is 0.103. The minimum Gasteiger partial charge on any atom is -0.321 e. The van der Waals surface area contributed by atoms with E-state index in [1.54, 1.807) is 4.80 Å². The number of nitrogens with zero attached hydrogens (tertiary/aromatic N) is 3. The molecule has 0 spiro atoms. The summed E-state index contributed by atoms with van der Waals surface area (Å²) in [6.45, 7) is 4.16. The van der Waals surface area contributed by atoms with E-state index in [4.69, 9.17) is 0 Å². The van der Waals surface area contributed by atoms with E-state index in [1.165, 1.54) is 29.7 Å². The number of benzene rings is 2. The minimum absolute atomic E-state index is 0.104. The molecule has 142 valence electrons. The van der Waals surface area contributed by atoms with Gasteiger partial charge in [-0.3, -0.25) is 4.79 Å². The van der Waals surface area contributed by atoms with E-state index in [2.05, 4.69) is 46.7 Å². The zero-order chi connectivity index (χ0) is 19.5. The van der Waals surface area contributed by atoms with Gasteiger partial charge in [-0.25, -0.2) is 0 Å². The first-order valence-electron chi connectivity index (χ1n) is 9.46. The second kappa shape index (κ2) is 7.94. The molecule has 0 unspecified atom stereocenters. The van der Waals surface area contributed by atoms with Crippen LogP contribution in [-0.2, 0) is 6.42 Å². The van der Waals surface area contributed by atoms with Gasteiger partial charge in [0.05, 0.1) is 10.6 Å². The van der Waals surface area contributed by atoms with Gasteiger partial charge in [-0.2, -0.15) is 4.80 Å². The Morgan fingerprint density at radius 2 is 1.86 bits per heavy atom. The first-order valence-corrected chi connectivity index (χ1v) is 10.3. The van der Waals surface area contributed by atoms with Crippen molar-refractivity contribution < 1.29 is 4.79 Å². The van der Waals surface area contributed by atoms with Gasteiger partial charge in [-0.15, -0.1) is 21.5 Å². The maximum absolute atomic E-state index is 12.4. The Bertz CT molecular complexity index is 1100. The Hall–Kier alpha value is -2.99.